The molecule has 0 aliphatic carbocycles. The van der Waals surface area contributed by atoms with Crippen molar-refractivity contribution in [2.45, 2.75) is 44.1 Å². The van der Waals surface area contributed by atoms with Crippen LogP contribution in [0.1, 0.15) is 36.5 Å². The number of fused-ring (bicyclic) bond motifs is 1. The molecule has 5 rings (SSSR count). The third-order valence-electron chi connectivity index (χ3n) is 7.54. The molecule has 40 heavy (non-hydrogen) atoms. The highest BCUT2D eigenvalue weighted by atomic mass is 35.5. The third-order valence-corrected chi connectivity index (χ3v) is 8.65. The van der Waals surface area contributed by atoms with Crippen molar-refractivity contribution in [3.05, 3.63) is 69.2 Å². The topological polar surface area (TPSA) is 95.7 Å². The lowest BCUT2D eigenvalue weighted by Crippen LogP contribution is -2.62. The molecule has 0 saturated carbocycles. The summed E-state index contributed by atoms with van der Waals surface area (Å²) in [5.41, 5.74) is -1.32. The summed E-state index contributed by atoms with van der Waals surface area (Å²) in [6.07, 6.45) is -1.32. The Hall–Kier alpha value is -3.35. The van der Waals surface area contributed by atoms with Crippen LogP contribution in [0.4, 0.5) is 18.0 Å². The molecule has 0 bridgehead atoms. The number of carbonyl (C=O) groups excluding carboxylic acids is 2. The number of piperidine rings is 1. The Morgan fingerprint density at radius 2 is 2.00 bits per heavy atom. The molecule has 3 heterocycles. The van der Waals surface area contributed by atoms with Crippen LogP contribution < -0.4 is 0 Å². The van der Waals surface area contributed by atoms with Gasteiger partial charge in [0.2, 0.25) is 0 Å². The van der Waals surface area contributed by atoms with E-state index >= 15 is 0 Å². The van der Waals surface area contributed by atoms with Crippen molar-refractivity contribution >= 4 is 57.5 Å². The Balaban J connectivity index is 1.42. The summed E-state index contributed by atoms with van der Waals surface area (Å²) in [6.45, 7) is 2.14. The van der Waals surface area contributed by atoms with Gasteiger partial charge in [0.25, 0.3) is 11.1 Å². The number of aliphatic carboxylic acids is 1. The maximum absolute atomic E-state index is 13.5. The lowest BCUT2D eigenvalue weighted by molar-refractivity contribution is -0.158. The van der Waals surface area contributed by atoms with E-state index in [1.54, 1.807) is 18.2 Å². The van der Waals surface area contributed by atoms with E-state index in [9.17, 15) is 32.7 Å². The lowest BCUT2D eigenvalue weighted by atomic mass is 9.82. The Morgan fingerprint density at radius 1 is 1.25 bits per heavy atom. The highest BCUT2D eigenvalue weighted by Gasteiger charge is 2.56. The van der Waals surface area contributed by atoms with Gasteiger partial charge in [0.1, 0.15) is 0 Å². The fraction of sp³-hybridized carbons (Fsp3) is 0.333. The minimum absolute atomic E-state index is 0.00948. The molecule has 210 valence electrons. The summed E-state index contributed by atoms with van der Waals surface area (Å²) in [5.74, 6) is -1.87. The van der Waals surface area contributed by atoms with Crippen LogP contribution in [0.5, 0.6) is 0 Å². The normalized spacial score (nSPS) is 23.5. The fourth-order valence-corrected chi connectivity index (χ4v) is 6.33. The molecule has 2 aromatic carbocycles. The van der Waals surface area contributed by atoms with Gasteiger partial charge in [0, 0.05) is 23.0 Å². The first-order chi connectivity index (χ1) is 18.8. The van der Waals surface area contributed by atoms with Gasteiger partial charge in [0.15, 0.2) is 5.54 Å². The standard InChI is InChI=1S/C27H24ClF3N4O4S/c1-15-12-26(24(37)38,7-8-33(15)2)35-23(36)22(40-25(35)39)10-16-3-6-21-18(9-16)13-32-34(21)14-17-4-5-19(28)11-20(17)27(29,30)31/h3-6,9-11,13,15H,7-8,12,14H2,1-2H3,(H,37,38). The maximum Gasteiger partial charge on any atom is 0.416 e. The number of likely N-dealkylation sites (tertiary alicyclic amines) is 1. The van der Waals surface area contributed by atoms with Gasteiger partial charge < -0.3 is 10.0 Å². The van der Waals surface area contributed by atoms with Crippen LogP contribution >= 0.6 is 23.4 Å². The van der Waals surface area contributed by atoms with Gasteiger partial charge in [-0.15, -0.1) is 0 Å². The maximum atomic E-state index is 13.5. The van der Waals surface area contributed by atoms with E-state index in [0.29, 0.717) is 34.8 Å². The van der Waals surface area contributed by atoms with E-state index < -0.39 is 34.4 Å². The molecule has 2 fully saturated rings. The summed E-state index contributed by atoms with van der Waals surface area (Å²) in [5, 5.41) is 14.3. The number of halogens is 4. The number of carbonyl (C=O) groups is 3. The minimum atomic E-state index is -4.58. The number of alkyl halides is 3. The van der Waals surface area contributed by atoms with Crippen LogP contribution in [-0.2, 0) is 22.3 Å². The van der Waals surface area contributed by atoms with Crippen molar-refractivity contribution in [2.24, 2.45) is 0 Å². The van der Waals surface area contributed by atoms with Gasteiger partial charge in [-0.25, -0.2) is 4.79 Å². The van der Waals surface area contributed by atoms with E-state index in [1.807, 2.05) is 18.9 Å². The Bertz CT molecular complexity index is 1570. The van der Waals surface area contributed by atoms with Gasteiger partial charge >= 0.3 is 12.1 Å². The zero-order chi connectivity index (χ0) is 29.0. The number of thioether (sulfide) groups is 1. The average molecular weight is 593 g/mol. The molecule has 2 unspecified atom stereocenters. The Labute approximate surface area is 236 Å². The molecule has 1 aromatic heterocycles. The number of hydrogen-bond acceptors (Lipinski definition) is 6. The van der Waals surface area contributed by atoms with Crippen LogP contribution in [-0.4, -0.2) is 67.0 Å². The monoisotopic (exact) mass is 592 g/mol. The predicted octanol–water partition coefficient (Wildman–Crippen LogP) is 5.73. The van der Waals surface area contributed by atoms with Crippen molar-refractivity contribution in [1.82, 2.24) is 19.6 Å². The lowest BCUT2D eigenvalue weighted by Gasteiger charge is -2.44. The first kappa shape index (κ1) is 28.2. The quantitative estimate of drug-likeness (QED) is 0.378. The number of benzene rings is 2. The molecule has 8 nitrogen and oxygen atoms in total. The van der Waals surface area contributed by atoms with Crippen LogP contribution in [0.25, 0.3) is 17.0 Å². The molecule has 2 saturated heterocycles. The summed E-state index contributed by atoms with van der Waals surface area (Å²) >= 11 is 6.48. The first-order valence-corrected chi connectivity index (χ1v) is 13.5. The molecular weight excluding hydrogens is 569 g/mol. The second kappa shape index (κ2) is 10.2. The van der Waals surface area contributed by atoms with Crippen LogP contribution in [0.15, 0.2) is 47.5 Å². The molecule has 1 N–H and O–H groups in total. The van der Waals surface area contributed by atoms with Crippen molar-refractivity contribution in [3.63, 3.8) is 0 Å². The number of nitrogens with zero attached hydrogens (tertiary/aromatic N) is 4. The smallest absolute Gasteiger partial charge is 0.416 e. The highest BCUT2D eigenvalue weighted by molar-refractivity contribution is 8.18. The zero-order valence-corrected chi connectivity index (χ0v) is 23.0. The first-order valence-electron chi connectivity index (χ1n) is 12.3. The molecule has 0 radical (unpaired) electrons. The van der Waals surface area contributed by atoms with E-state index in [4.69, 9.17) is 11.6 Å². The van der Waals surface area contributed by atoms with Crippen LogP contribution in [0, 0.1) is 0 Å². The molecule has 2 atom stereocenters. The average Bonchev–Trinajstić information content (AvgIpc) is 3.40. The molecule has 2 amide bonds. The van der Waals surface area contributed by atoms with Gasteiger partial charge in [-0.1, -0.05) is 23.7 Å². The van der Waals surface area contributed by atoms with Crippen molar-refractivity contribution in [2.75, 3.05) is 13.6 Å². The van der Waals surface area contributed by atoms with Crippen molar-refractivity contribution in [1.29, 1.82) is 0 Å². The van der Waals surface area contributed by atoms with Crippen LogP contribution in [0.2, 0.25) is 5.02 Å². The molecule has 3 aromatic rings. The molecule has 13 heteroatoms. The molecular formula is C27H24ClF3N4O4S. The minimum Gasteiger partial charge on any atom is -0.479 e. The summed E-state index contributed by atoms with van der Waals surface area (Å²) in [7, 11) is 1.87. The van der Waals surface area contributed by atoms with Gasteiger partial charge in [0.05, 0.1) is 28.7 Å². The SMILES string of the molecule is CC1CC(C(=O)O)(N2C(=O)SC(=Cc3ccc4c(cnn4Cc4ccc(Cl)cc4C(F)(F)F)c3)C2=O)CCN1C. The fourth-order valence-electron chi connectivity index (χ4n) is 5.24. The number of carboxylic acid groups (broad SMARTS) is 1. The molecule has 0 spiro atoms. The van der Waals surface area contributed by atoms with Gasteiger partial charge in [-0.05, 0) is 80.0 Å². The van der Waals surface area contributed by atoms with E-state index in [0.717, 1.165) is 11.0 Å². The number of aromatic nitrogens is 2. The van der Waals surface area contributed by atoms with Gasteiger partial charge in [-0.2, -0.15) is 18.3 Å². The Morgan fingerprint density at radius 3 is 2.67 bits per heavy atom. The number of rotatable bonds is 5. The van der Waals surface area contributed by atoms with Crippen molar-refractivity contribution < 1.29 is 32.7 Å². The molecule has 2 aliphatic heterocycles. The van der Waals surface area contributed by atoms with Crippen molar-refractivity contribution in [3.8, 4) is 0 Å². The van der Waals surface area contributed by atoms with Gasteiger partial charge in [-0.3, -0.25) is 19.2 Å². The number of hydrogen-bond donors (Lipinski definition) is 1. The number of carboxylic acids is 1. The molecule has 2 aliphatic rings. The second-order valence-electron chi connectivity index (χ2n) is 10.1. The van der Waals surface area contributed by atoms with E-state index in [-0.39, 0.29) is 40.9 Å². The largest absolute Gasteiger partial charge is 0.479 e. The van der Waals surface area contributed by atoms with E-state index in [2.05, 4.69) is 5.10 Å². The highest BCUT2D eigenvalue weighted by Crippen LogP contribution is 2.42. The predicted molar refractivity (Wildman–Crippen MR) is 145 cm³/mol. The number of amides is 2. The summed E-state index contributed by atoms with van der Waals surface area (Å²) in [4.78, 5) is 41.6. The Kier molecular flexibility index (Phi) is 7.22. The summed E-state index contributed by atoms with van der Waals surface area (Å²) < 4.78 is 42.1. The van der Waals surface area contributed by atoms with E-state index in [1.165, 1.54) is 29.1 Å². The van der Waals surface area contributed by atoms with Crippen LogP contribution in [0.3, 0.4) is 0 Å². The summed E-state index contributed by atoms with van der Waals surface area (Å²) in [6, 6.07) is 8.48. The third kappa shape index (κ3) is 4.99. The zero-order valence-electron chi connectivity index (χ0n) is 21.4. The number of imide groups is 1. The second-order valence-corrected chi connectivity index (χ2v) is 11.5.